The molecule has 0 spiro atoms. The van der Waals surface area contributed by atoms with Gasteiger partial charge in [-0.05, 0) is 26.3 Å². The van der Waals surface area contributed by atoms with Gasteiger partial charge < -0.3 is 4.74 Å². The van der Waals surface area contributed by atoms with Crippen LogP contribution >= 0.6 is 0 Å². The van der Waals surface area contributed by atoms with Crippen LogP contribution in [-0.2, 0) is 14.9 Å². The molecule has 1 rings (SSSR count). The highest BCUT2D eigenvalue weighted by Gasteiger charge is 2.31. The number of rotatable bonds is 3. The largest absolute Gasteiger partial charge is 0.465 e. The minimum atomic E-state index is -0.647. The summed E-state index contributed by atoms with van der Waals surface area (Å²) in [7, 11) is 5.68. The fourth-order valence-electron chi connectivity index (χ4n) is 1.36. The molecule has 3 heteroatoms. The Labute approximate surface area is 92.0 Å². The zero-order chi connectivity index (χ0) is 11.5. The van der Waals surface area contributed by atoms with Crippen molar-refractivity contribution in [3.63, 3.8) is 0 Å². The Kier molecular flexibility index (Phi) is 3.56. The van der Waals surface area contributed by atoms with Crippen LogP contribution in [0, 0.1) is 0 Å². The van der Waals surface area contributed by atoms with Crippen molar-refractivity contribution >= 4 is 19.3 Å². The molecule has 0 heterocycles. The van der Waals surface area contributed by atoms with Crippen LogP contribution in [0.3, 0.4) is 0 Å². The minimum Gasteiger partial charge on any atom is -0.465 e. The molecule has 1 aromatic carbocycles. The molecule has 0 atom stereocenters. The van der Waals surface area contributed by atoms with E-state index in [1.807, 2.05) is 26.0 Å². The Balaban J connectivity index is 2.99. The summed E-state index contributed by atoms with van der Waals surface area (Å²) in [6, 6.07) is 7.32. The Bertz CT molecular complexity index is 358. The average Bonchev–Trinajstić information content (AvgIpc) is 2.18. The third-order valence-electron chi connectivity index (χ3n) is 2.39. The summed E-state index contributed by atoms with van der Waals surface area (Å²) >= 11 is 0. The van der Waals surface area contributed by atoms with Crippen molar-refractivity contribution in [2.24, 2.45) is 0 Å². The van der Waals surface area contributed by atoms with Crippen molar-refractivity contribution in [2.45, 2.75) is 26.2 Å². The third kappa shape index (κ3) is 2.61. The predicted octanol–water partition coefficient (Wildman–Crippen LogP) is 1.32. The summed E-state index contributed by atoms with van der Waals surface area (Å²) in [6.07, 6.45) is 0. The van der Waals surface area contributed by atoms with Crippen LogP contribution in [0.1, 0.15) is 26.3 Å². The molecule has 0 aliphatic carbocycles. The van der Waals surface area contributed by atoms with Crippen molar-refractivity contribution in [3.8, 4) is 0 Å². The third-order valence-corrected chi connectivity index (χ3v) is 2.39. The summed E-state index contributed by atoms with van der Waals surface area (Å²) in [5, 5.41) is 0. The molecule has 15 heavy (non-hydrogen) atoms. The zero-order valence-electron chi connectivity index (χ0n) is 9.41. The normalized spacial score (nSPS) is 11.1. The molecule has 0 fully saturated rings. The van der Waals surface area contributed by atoms with Gasteiger partial charge in [-0.2, -0.15) is 0 Å². The van der Waals surface area contributed by atoms with Gasteiger partial charge in [-0.3, -0.25) is 4.79 Å². The second-order valence-electron chi connectivity index (χ2n) is 3.97. The Morgan fingerprint density at radius 3 is 2.67 bits per heavy atom. The first-order valence-corrected chi connectivity index (χ1v) is 5.01. The molecule has 0 saturated carbocycles. The molecule has 0 saturated heterocycles. The number of ether oxygens (including phenoxy) is 1. The van der Waals surface area contributed by atoms with E-state index in [0.29, 0.717) is 12.1 Å². The van der Waals surface area contributed by atoms with Crippen molar-refractivity contribution in [1.29, 1.82) is 0 Å². The molecule has 0 amide bonds. The first-order valence-electron chi connectivity index (χ1n) is 5.01. The molecule has 78 valence electrons. The predicted molar refractivity (Wildman–Crippen MR) is 61.5 cm³/mol. The average molecular weight is 202 g/mol. The molecule has 0 unspecified atom stereocenters. The topological polar surface area (TPSA) is 26.3 Å². The smallest absolute Gasteiger partial charge is 0.315 e. The molecule has 1 aromatic rings. The first-order chi connectivity index (χ1) is 6.98. The van der Waals surface area contributed by atoms with Crippen molar-refractivity contribution in [3.05, 3.63) is 29.8 Å². The standard InChI is InChI=1S/C12H15BO2/c1-4-15-11(14)12(2,3)9-6-5-7-10(13)8-9/h5-8H,4H2,1-3H3. The Hall–Kier alpha value is -1.25. The lowest BCUT2D eigenvalue weighted by Crippen LogP contribution is -2.31. The first kappa shape index (κ1) is 11.8. The Morgan fingerprint density at radius 2 is 2.13 bits per heavy atom. The van der Waals surface area contributed by atoms with Crippen LogP contribution in [-0.4, -0.2) is 20.4 Å². The van der Waals surface area contributed by atoms with E-state index in [1.54, 1.807) is 19.1 Å². The number of hydrogen-bond acceptors (Lipinski definition) is 2. The maximum atomic E-state index is 11.7. The molecular weight excluding hydrogens is 187 g/mol. The number of esters is 1. The van der Waals surface area contributed by atoms with Crippen molar-refractivity contribution < 1.29 is 9.53 Å². The van der Waals surface area contributed by atoms with Crippen LogP contribution in [0.2, 0.25) is 0 Å². The van der Waals surface area contributed by atoms with E-state index in [9.17, 15) is 4.79 Å². The second-order valence-corrected chi connectivity index (χ2v) is 3.97. The molecular formula is C12H15BO2. The second kappa shape index (κ2) is 4.52. The molecule has 0 aliphatic heterocycles. The van der Waals surface area contributed by atoms with Crippen LogP contribution < -0.4 is 5.46 Å². The maximum Gasteiger partial charge on any atom is 0.315 e. The lowest BCUT2D eigenvalue weighted by Gasteiger charge is -2.23. The van der Waals surface area contributed by atoms with E-state index in [0.717, 1.165) is 5.56 Å². The SMILES string of the molecule is [B]c1cccc(C(C)(C)C(=O)OCC)c1. The minimum absolute atomic E-state index is 0.226. The van der Waals surface area contributed by atoms with Crippen LogP contribution in [0.15, 0.2) is 24.3 Å². The van der Waals surface area contributed by atoms with Gasteiger partial charge in [0.05, 0.1) is 12.0 Å². The molecule has 0 aliphatic rings. The van der Waals surface area contributed by atoms with E-state index < -0.39 is 5.41 Å². The van der Waals surface area contributed by atoms with Gasteiger partial charge in [0.2, 0.25) is 0 Å². The maximum absolute atomic E-state index is 11.7. The fourth-order valence-corrected chi connectivity index (χ4v) is 1.36. The van der Waals surface area contributed by atoms with E-state index in [4.69, 9.17) is 12.6 Å². The number of hydrogen-bond donors (Lipinski definition) is 0. The highest BCUT2D eigenvalue weighted by atomic mass is 16.5. The van der Waals surface area contributed by atoms with E-state index in [-0.39, 0.29) is 5.97 Å². The molecule has 2 radical (unpaired) electrons. The van der Waals surface area contributed by atoms with Gasteiger partial charge in [-0.1, -0.05) is 29.7 Å². The quantitative estimate of drug-likeness (QED) is 0.545. The van der Waals surface area contributed by atoms with E-state index >= 15 is 0 Å². The Morgan fingerprint density at radius 1 is 1.47 bits per heavy atom. The van der Waals surface area contributed by atoms with Gasteiger partial charge in [-0.15, -0.1) is 0 Å². The fraction of sp³-hybridized carbons (Fsp3) is 0.417. The van der Waals surface area contributed by atoms with Gasteiger partial charge in [0.25, 0.3) is 0 Å². The van der Waals surface area contributed by atoms with E-state index in [1.165, 1.54) is 0 Å². The van der Waals surface area contributed by atoms with Gasteiger partial charge in [-0.25, -0.2) is 0 Å². The summed E-state index contributed by atoms with van der Waals surface area (Å²) in [5.41, 5.74) is 0.886. The van der Waals surface area contributed by atoms with E-state index in [2.05, 4.69) is 0 Å². The van der Waals surface area contributed by atoms with Gasteiger partial charge in [0.1, 0.15) is 7.85 Å². The van der Waals surface area contributed by atoms with Crippen LogP contribution in [0.25, 0.3) is 0 Å². The molecule has 2 nitrogen and oxygen atoms in total. The van der Waals surface area contributed by atoms with Crippen LogP contribution in [0.4, 0.5) is 0 Å². The van der Waals surface area contributed by atoms with Crippen molar-refractivity contribution in [1.82, 2.24) is 0 Å². The number of benzene rings is 1. The number of carbonyl (C=O) groups excluding carboxylic acids is 1. The highest BCUT2D eigenvalue weighted by Crippen LogP contribution is 2.23. The highest BCUT2D eigenvalue weighted by molar-refractivity contribution is 6.32. The van der Waals surface area contributed by atoms with Crippen molar-refractivity contribution in [2.75, 3.05) is 6.61 Å². The lowest BCUT2D eigenvalue weighted by molar-refractivity contribution is -0.148. The summed E-state index contributed by atoms with van der Waals surface area (Å²) in [4.78, 5) is 11.7. The molecule has 0 N–H and O–H groups in total. The van der Waals surface area contributed by atoms with Gasteiger partial charge >= 0.3 is 5.97 Å². The molecule has 0 aromatic heterocycles. The monoisotopic (exact) mass is 202 g/mol. The summed E-state index contributed by atoms with van der Waals surface area (Å²) in [6.45, 7) is 5.86. The van der Waals surface area contributed by atoms with Gasteiger partial charge in [0.15, 0.2) is 0 Å². The number of carbonyl (C=O) groups is 1. The summed E-state index contributed by atoms with van der Waals surface area (Å²) < 4.78 is 5.02. The van der Waals surface area contributed by atoms with Crippen LogP contribution in [0.5, 0.6) is 0 Å². The zero-order valence-corrected chi connectivity index (χ0v) is 9.41. The van der Waals surface area contributed by atoms with Gasteiger partial charge in [0, 0.05) is 0 Å². The lowest BCUT2D eigenvalue weighted by atomic mass is 9.81. The molecule has 0 bridgehead atoms. The summed E-state index contributed by atoms with van der Waals surface area (Å²) in [5.74, 6) is -0.226.